The van der Waals surface area contributed by atoms with Gasteiger partial charge in [-0.25, -0.2) is 9.86 Å². The smallest absolute Gasteiger partial charge is 0.321 e. The van der Waals surface area contributed by atoms with Gasteiger partial charge in [-0.05, 0) is 38.0 Å². The SMILES string of the molecule is O=CN(O)C[C@@H](CC1CCCC1)C(=O)N1CCC[C@H]1C(=O)NC(=O)NC1CCCC1. The first-order chi connectivity index (χ1) is 14.5. The highest BCUT2D eigenvalue weighted by Gasteiger charge is 2.39. The van der Waals surface area contributed by atoms with Crippen LogP contribution in [-0.2, 0) is 14.4 Å². The lowest BCUT2D eigenvalue weighted by Gasteiger charge is -2.30. The molecule has 1 aliphatic heterocycles. The van der Waals surface area contributed by atoms with Gasteiger partial charge in [-0.3, -0.25) is 24.9 Å². The highest BCUT2D eigenvalue weighted by atomic mass is 16.5. The van der Waals surface area contributed by atoms with E-state index >= 15 is 0 Å². The van der Waals surface area contributed by atoms with Crippen molar-refractivity contribution in [3.8, 4) is 0 Å². The molecule has 2 atom stereocenters. The molecule has 0 unspecified atom stereocenters. The summed E-state index contributed by atoms with van der Waals surface area (Å²) in [4.78, 5) is 50.6. The molecule has 0 bridgehead atoms. The maximum atomic E-state index is 13.3. The molecule has 1 saturated heterocycles. The van der Waals surface area contributed by atoms with Gasteiger partial charge in [-0.2, -0.15) is 0 Å². The molecular weight excluding hydrogens is 388 g/mol. The minimum Gasteiger partial charge on any atom is -0.335 e. The van der Waals surface area contributed by atoms with Crippen molar-refractivity contribution in [2.45, 2.75) is 82.7 Å². The van der Waals surface area contributed by atoms with Gasteiger partial charge in [-0.1, -0.05) is 38.5 Å². The number of hydroxylamine groups is 2. The Morgan fingerprint density at radius 2 is 1.70 bits per heavy atom. The third kappa shape index (κ3) is 5.93. The lowest BCUT2D eigenvalue weighted by Crippen LogP contribution is -2.53. The first kappa shape index (κ1) is 22.5. The lowest BCUT2D eigenvalue weighted by atomic mass is 9.91. The summed E-state index contributed by atoms with van der Waals surface area (Å²) in [6.45, 7) is 0.362. The van der Waals surface area contributed by atoms with Gasteiger partial charge in [0.1, 0.15) is 6.04 Å². The quantitative estimate of drug-likeness (QED) is 0.313. The standard InChI is InChI=1S/C21H34N4O5/c26-14-24(30)13-16(12-15-6-1-2-7-15)20(28)25-11-5-10-18(25)19(27)23-21(29)22-17-8-3-4-9-17/h14-18,30H,1-13H2,(H2,22,23,27,29)/t16-,18+/m1/s1. The molecule has 3 N–H and O–H groups in total. The van der Waals surface area contributed by atoms with E-state index < -0.39 is 23.9 Å². The zero-order valence-electron chi connectivity index (χ0n) is 17.6. The van der Waals surface area contributed by atoms with Crippen LogP contribution in [0.4, 0.5) is 4.79 Å². The Kier molecular flexibility index (Phi) is 8.07. The van der Waals surface area contributed by atoms with E-state index in [1.54, 1.807) is 0 Å². The molecule has 2 saturated carbocycles. The lowest BCUT2D eigenvalue weighted by molar-refractivity contribution is -0.158. The molecule has 0 aromatic carbocycles. The normalized spacial score (nSPS) is 23.4. The van der Waals surface area contributed by atoms with Crippen LogP contribution in [0, 0.1) is 11.8 Å². The summed E-state index contributed by atoms with van der Waals surface area (Å²) in [5.41, 5.74) is 0. The fourth-order valence-corrected chi connectivity index (χ4v) is 5.20. The molecule has 0 radical (unpaired) electrons. The van der Waals surface area contributed by atoms with E-state index in [1.165, 1.54) is 4.90 Å². The average molecular weight is 423 g/mol. The summed E-state index contributed by atoms with van der Waals surface area (Å²) in [5.74, 6) is -0.848. The van der Waals surface area contributed by atoms with Crippen molar-refractivity contribution >= 4 is 24.3 Å². The Hall–Kier alpha value is -2.16. The molecular formula is C21H34N4O5. The maximum Gasteiger partial charge on any atom is 0.321 e. The van der Waals surface area contributed by atoms with Crippen LogP contribution in [0.1, 0.15) is 70.6 Å². The van der Waals surface area contributed by atoms with Crippen molar-refractivity contribution in [3.05, 3.63) is 0 Å². The van der Waals surface area contributed by atoms with E-state index in [4.69, 9.17) is 0 Å². The summed E-state index contributed by atoms with van der Waals surface area (Å²) >= 11 is 0. The zero-order chi connectivity index (χ0) is 21.5. The zero-order valence-corrected chi connectivity index (χ0v) is 17.6. The van der Waals surface area contributed by atoms with E-state index in [2.05, 4.69) is 10.6 Å². The second kappa shape index (κ2) is 10.7. The molecule has 168 valence electrons. The number of carbonyl (C=O) groups is 4. The van der Waals surface area contributed by atoms with Gasteiger partial charge in [-0.15, -0.1) is 0 Å². The van der Waals surface area contributed by atoms with Gasteiger partial charge in [0, 0.05) is 12.6 Å². The van der Waals surface area contributed by atoms with Gasteiger partial charge < -0.3 is 10.2 Å². The van der Waals surface area contributed by atoms with Gasteiger partial charge in [0.25, 0.3) is 5.91 Å². The van der Waals surface area contributed by atoms with Crippen LogP contribution in [0.15, 0.2) is 0 Å². The number of amides is 5. The first-order valence-corrected chi connectivity index (χ1v) is 11.3. The Morgan fingerprint density at radius 3 is 2.37 bits per heavy atom. The molecule has 3 fully saturated rings. The topological polar surface area (TPSA) is 119 Å². The molecule has 3 aliphatic rings. The molecule has 2 aliphatic carbocycles. The fourth-order valence-electron chi connectivity index (χ4n) is 5.20. The Labute approximate surface area is 177 Å². The van der Waals surface area contributed by atoms with E-state index in [0.29, 0.717) is 43.2 Å². The van der Waals surface area contributed by atoms with Gasteiger partial charge in [0.15, 0.2) is 0 Å². The molecule has 9 nitrogen and oxygen atoms in total. The molecule has 1 heterocycles. The number of hydrogen-bond acceptors (Lipinski definition) is 5. The maximum absolute atomic E-state index is 13.3. The number of nitrogens with one attached hydrogen (secondary N) is 2. The van der Waals surface area contributed by atoms with Crippen molar-refractivity contribution in [2.24, 2.45) is 11.8 Å². The van der Waals surface area contributed by atoms with Crippen LogP contribution < -0.4 is 10.6 Å². The largest absolute Gasteiger partial charge is 0.335 e. The molecule has 30 heavy (non-hydrogen) atoms. The summed E-state index contributed by atoms with van der Waals surface area (Å²) in [6, 6.07) is -1.09. The monoisotopic (exact) mass is 422 g/mol. The van der Waals surface area contributed by atoms with E-state index in [9.17, 15) is 24.4 Å². The van der Waals surface area contributed by atoms with E-state index in [0.717, 1.165) is 51.4 Å². The predicted molar refractivity (Wildman–Crippen MR) is 108 cm³/mol. The molecule has 5 amide bonds. The second-order valence-electron chi connectivity index (χ2n) is 8.94. The van der Waals surface area contributed by atoms with Crippen molar-refractivity contribution in [3.63, 3.8) is 0 Å². The number of nitrogens with zero attached hydrogens (tertiary/aromatic N) is 2. The van der Waals surface area contributed by atoms with Crippen molar-refractivity contribution in [1.29, 1.82) is 0 Å². The fraction of sp³-hybridized carbons (Fsp3) is 0.810. The van der Waals surface area contributed by atoms with Crippen molar-refractivity contribution in [1.82, 2.24) is 20.6 Å². The van der Waals surface area contributed by atoms with Crippen LogP contribution in [-0.4, -0.2) is 64.6 Å². The number of carbonyl (C=O) groups excluding carboxylic acids is 4. The van der Waals surface area contributed by atoms with Crippen LogP contribution in [0.2, 0.25) is 0 Å². The minimum atomic E-state index is -0.693. The highest BCUT2D eigenvalue weighted by molar-refractivity contribution is 5.99. The van der Waals surface area contributed by atoms with Crippen molar-refractivity contribution < 1.29 is 24.4 Å². The first-order valence-electron chi connectivity index (χ1n) is 11.3. The number of likely N-dealkylation sites (tertiary alicyclic amines) is 1. The summed E-state index contributed by atoms with van der Waals surface area (Å²) < 4.78 is 0. The number of rotatable bonds is 8. The summed E-state index contributed by atoms with van der Waals surface area (Å²) in [7, 11) is 0. The molecule has 3 rings (SSSR count). The highest BCUT2D eigenvalue weighted by Crippen LogP contribution is 2.32. The molecule has 0 spiro atoms. The third-order valence-corrected chi connectivity index (χ3v) is 6.74. The number of imide groups is 1. The van der Waals surface area contributed by atoms with Crippen LogP contribution in [0.3, 0.4) is 0 Å². The Bertz CT molecular complexity index is 631. The van der Waals surface area contributed by atoms with Gasteiger partial charge in [0.05, 0.1) is 12.5 Å². The minimum absolute atomic E-state index is 0.0775. The summed E-state index contributed by atoms with van der Waals surface area (Å²) in [6.07, 6.45) is 10.4. The predicted octanol–water partition coefficient (Wildman–Crippen LogP) is 1.79. The Morgan fingerprint density at radius 1 is 1.03 bits per heavy atom. The number of urea groups is 1. The second-order valence-corrected chi connectivity index (χ2v) is 8.94. The molecule has 9 heteroatoms. The van der Waals surface area contributed by atoms with E-state index in [1.807, 2.05) is 0 Å². The van der Waals surface area contributed by atoms with E-state index in [-0.39, 0.29) is 18.5 Å². The third-order valence-electron chi connectivity index (χ3n) is 6.74. The van der Waals surface area contributed by atoms with Crippen molar-refractivity contribution in [2.75, 3.05) is 13.1 Å². The average Bonchev–Trinajstić information content (AvgIpc) is 3.48. The van der Waals surface area contributed by atoms with Crippen LogP contribution in [0.5, 0.6) is 0 Å². The molecule has 0 aromatic rings. The summed E-state index contributed by atoms with van der Waals surface area (Å²) in [5, 5.41) is 15.4. The van der Waals surface area contributed by atoms with Gasteiger partial charge >= 0.3 is 6.03 Å². The Balaban J connectivity index is 1.60. The van der Waals surface area contributed by atoms with Crippen LogP contribution >= 0.6 is 0 Å². The van der Waals surface area contributed by atoms with Crippen LogP contribution in [0.25, 0.3) is 0 Å². The molecule has 0 aromatic heterocycles. The number of hydrogen-bond donors (Lipinski definition) is 3. The van der Waals surface area contributed by atoms with Gasteiger partial charge in [0.2, 0.25) is 12.3 Å².